The van der Waals surface area contributed by atoms with Crippen LogP contribution in [0.25, 0.3) is 111 Å². The smallest absolute Gasteiger partial charge is 0.200 e. The van der Waals surface area contributed by atoms with Crippen LogP contribution in [0.15, 0.2) is 206 Å². The molecule has 0 aliphatic rings. The van der Waals surface area contributed by atoms with Crippen molar-refractivity contribution < 1.29 is 22.0 Å². The molecule has 12 rings (SSSR count). The van der Waals surface area contributed by atoms with E-state index in [-0.39, 0.29) is 5.56 Å². The first-order chi connectivity index (χ1) is 33.2. The molecule has 0 N–H and O–H groups in total. The van der Waals surface area contributed by atoms with Crippen molar-refractivity contribution in [1.29, 1.82) is 0 Å². The van der Waals surface area contributed by atoms with Crippen molar-refractivity contribution in [3.8, 4) is 67.0 Å². The highest BCUT2D eigenvalue weighted by molar-refractivity contribution is 6.14. The van der Waals surface area contributed by atoms with E-state index in [2.05, 4.69) is 102 Å². The summed E-state index contributed by atoms with van der Waals surface area (Å²) in [5.74, 6) is -10.0. The quantitative estimate of drug-likeness (QED) is 0.0857. The monoisotopic (exact) mass is 892 g/mol. The number of hydrogen-bond donors (Lipinski definition) is 0. The normalized spacial score (nSPS) is 11.7. The van der Waals surface area contributed by atoms with Crippen LogP contribution in [-0.4, -0.2) is 9.13 Å². The van der Waals surface area contributed by atoms with Crippen LogP contribution in [0.2, 0.25) is 0 Å². The second-order valence-electron chi connectivity index (χ2n) is 17.2. The Bertz CT molecular complexity index is 3730. The molecule has 0 radical (unpaired) electrons. The lowest BCUT2D eigenvalue weighted by Crippen LogP contribution is -2.08. The average Bonchev–Trinajstić information content (AvgIpc) is 3.90. The third kappa shape index (κ3) is 6.53. The predicted molar refractivity (Wildman–Crippen MR) is 267 cm³/mol. The van der Waals surface area contributed by atoms with Gasteiger partial charge in [0, 0.05) is 21.5 Å². The molecule has 7 heteroatoms. The first-order valence-electron chi connectivity index (χ1n) is 22.3. The van der Waals surface area contributed by atoms with Gasteiger partial charge in [-0.2, -0.15) is 0 Å². The minimum Gasteiger partial charge on any atom is -0.307 e. The molecule has 12 aromatic rings. The van der Waals surface area contributed by atoms with Gasteiger partial charge in [0.05, 0.1) is 39.0 Å². The Labute approximate surface area is 388 Å². The average molecular weight is 893 g/mol. The second-order valence-corrected chi connectivity index (χ2v) is 17.2. The summed E-state index contributed by atoms with van der Waals surface area (Å²) < 4.78 is 81.3. The van der Waals surface area contributed by atoms with Gasteiger partial charge in [0.1, 0.15) is 0 Å². The second kappa shape index (κ2) is 16.1. The van der Waals surface area contributed by atoms with E-state index in [0.29, 0.717) is 16.9 Å². The van der Waals surface area contributed by atoms with Crippen LogP contribution >= 0.6 is 0 Å². The summed E-state index contributed by atoms with van der Waals surface area (Å²) in [6, 6.07) is 69.0. The predicted octanol–water partition coefficient (Wildman–Crippen LogP) is 17.2. The summed E-state index contributed by atoms with van der Waals surface area (Å²) in [6.45, 7) is 1.64. The Kier molecular flexibility index (Phi) is 9.69. The van der Waals surface area contributed by atoms with E-state index in [0.717, 1.165) is 88.1 Å². The molecule has 10 aromatic carbocycles. The van der Waals surface area contributed by atoms with Gasteiger partial charge < -0.3 is 9.13 Å². The Hall–Kier alpha value is -8.55. The lowest BCUT2D eigenvalue weighted by Gasteiger charge is -2.21. The summed E-state index contributed by atoms with van der Waals surface area (Å²) in [5.41, 5.74) is 11.7. The maximum atomic E-state index is 16.1. The lowest BCUT2D eigenvalue weighted by atomic mass is 9.96. The van der Waals surface area contributed by atoms with Gasteiger partial charge in [0.25, 0.3) is 0 Å². The van der Waals surface area contributed by atoms with Crippen LogP contribution in [0.1, 0.15) is 5.56 Å². The van der Waals surface area contributed by atoms with Gasteiger partial charge in [0.2, 0.25) is 5.82 Å². The van der Waals surface area contributed by atoms with Crippen LogP contribution in [0.3, 0.4) is 0 Å². The fraction of sp³-hybridized carbons (Fsp3) is 0.0164. The first kappa shape index (κ1) is 40.9. The number of nitrogens with zero attached hydrogens (tertiary/aromatic N) is 2. The van der Waals surface area contributed by atoms with Crippen LogP contribution in [-0.2, 0) is 0 Å². The number of aryl methyl sites for hydroxylation is 1. The Morgan fingerprint density at radius 1 is 0.279 bits per heavy atom. The highest BCUT2D eigenvalue weighted by Crippen LogP contribution is 2.45. The van der Waals surface area contributed by atoms with Crippen LogP contribution in [0, 0.1) is 36.0 Å². The highest BCUT2D eigenvalue weighted by Gasteiger charge is 2.30. The molecule has 0 amide bonds. The third-order valence-electron chi connectivity index (χ3n) is 13.2. The molecule has 0 atom stereocenters. The van der Waals surface area contributed by atoms with Gasteiger partial charge in [-0.25, -0.2) is 22.0 Å². The van der Waals surface area contributed by atoms with Crippen molar-refractivity contribution in [2.75, 3.05) is 0 Å². The number of rotatable bonds is 7. The van der Waals surface area contributed by atoms with Gasteiger partial charge in [0.15, 0.2) is 23.3 Å². The first-order valence-corrected chi connectivity index (χ1v) is 22.3. The van der Waals surface area contributed by atoms with Gasteiger partial charge >= 0.3 is 0 Å². The minimum atomic E-state index is -2.21. The molecule has 0 bridgehead atoms. The van der Waals surface area contributed by atoms with Gasteiger partial charge in [-0.05, 0) is 123 Å². The summed E-state index contributed by atoms with van der Waals surface area (Å²) in [4.78, 5) is 0. The van der Waals surface area contributed by atoms with E-state index in [9.17, 15) is 4.39 Å². The standard InChI is InChI=1S/C61H37F5N2/c1-36-30-54(67-50-26-22-41(37-14-6-2-7-15-37)31-46(50)47-32-42(23-27-51(47)67)38-16-8-3-9-17-38)55(35-45(36)56-57(62)59(64)61(66)60(65)58(56)63)68-52-28-24-43(39-18-10-4-11-19-39)33-48(52)49-34-44(25-29-53(49)68)40-20-12-5-13-21-40/h2-35H,1H3. The van der Waals surface area contributed by atoms with E-state index in [1.54, 1.807) is 19.1 Å². The summed E-state index contributed by atoms with van der Waals surface area (Å²) >= 11 is 0. The Morgan fingerprint density at radius 3 is 0.868 bits per heavy atom. The zero-order valence-corrected chi connectivity index (χ0v) is 36.4. The van der Waals surface area contributed by atoms with Crippen molar-refractivity contribution in [3.63, 3.8) is 0 Å². The van der Waals surface area contributed by atoms with E-state index >= 15 is 17.6 Å². The molecule has 0 aliphatic carbocycles. The van der Waals surface area contributed by atoms with Crippen molar-refractivity contribution in [2.45, 2.75) is 6.92 Å². The largest absolute Gasteiger partial charge is 0.307 e. The van der Waals surface area contributed by atoms with E-state index in [1.165, 1.54) is 0 Å². The van der Waals surface area contributed by atoms with Crippen LogP contribution in [0.4, 0.5) is 22.0 Å². The van der Waals surface area contributed by atoms with Crippen molar-refractivity contribution >= 4 is 43.6 Å². The van der Waals surface area contributed by atoms with Gasteiger partial charge in [-0.15, -0.1) is 0 Å². The molecule has 0 spiro atoms. The number of benzene rings is 10. The van der Waals surface area contributed by atoms with Gasteiger partial charge in [-0.1, -0.05) is 146 Å². The molecule has 2 aromatic heterocycles. The molecular weight excluding hydrogens is 856 g/mol. The number of aromatic nitrogens is 2. The maximum Gasteiger partial charge on any atom is 0.200 e. The molecule has 2 heterocycles. The molecular formula is C61H37F5N2. The number of fused-ring (bicyclic) bond motifs is 6. The van der Waals surface area contributed by atoms with Gasteiger partial charge in [-0.3, -0.25) is 0 Å². The number of halogens is 5. The fourth-order valence-electron chi connectivity index (χ4n) is 9.96. The molecule has 0 saturated carbocycles. The lowest BCUT2D eigenvalue weighted by molar-refractivity contribution is 0.381. The van der Waals surface area contributed by atoms with E-state index in [1.807, 2.05) is 102 Å². The number of hydrogen-bond acceptors (Lipinski definition) is 0. The molecule has 2 nitrogen and oxygen atoms in total. The maximum absolute atomic E-state index is 16.1. The van der Waals surface area contributed by atoms with E-state index in [4.69, 9.17) is 0 Å². The van der Waals surface area contributed by atoms with Crippen molar-refractivity contribution in [3.05, 3.63) is 241 Å². The summed E-state index contributed by atoms with van der Waals surface area (Å²) in [5, 5.41) is 3.75. The van der Waals surface area contributed by atoms with Crippen molar-refractivity contribution in [2.24, 2.45) is 0 Å². The molecule has 0 aliphatic heterocycles. The Balaban J connectivity index is 1.22. The molecule has 0 saturated heterocycles. The van der Waals surface area contributed by atoms with Crippen LogP contribution < -0.4 is 0 Å². The van der Waals surface area contributed by atoms with Crippen molar-refractivity contribution in [1.82, 2.24) is 9.13 Å². The zero-order chi connectivity index (χ0) is 46.2. The summed E-state index contributed by atoms with van der Waals surface area (Å²) in [7, 11) is 0. The topological polar surface area (TPSA) is 9.86 Å². The zero-order valence-electron chi connectivity index (χ0n) is 36.4. The van der Waals surface area contributed by atoms with E-state index < -0.39 is 34.6 Å². The van der Waals surface area contributed by atoms with Crippen LogP contribution in [0.5, 0.6) is 0 Å². The molecule has 0 unspecified atom stereocenters. The minimum absolute atomic E-state index is 0.133. The summed E-state index contributed by atoms with van der Waals surface area (Å²) in [6.07, 6.45) is 0. The molecule has 68 heavy (non-hydrogen) atoms. The SMILES string of the molecule is Cc1cc(-n2c3ccc(-c4ccccc4)cc3c3cc(-c4ccccc4)ccc32)c(-n2c3ccc(-c4ccccc4)cc3c3cc(-c4ccccc4)ccc32)cc1-c1c(F)c(F)c(F)c(F)c1F. The fourth-order valence-corrected chi connectivity index (χ4v) is 9.96. The Morgan fingerprint density at radius 2 is 0.559 bits per heavy atom. The molecule has 0 fully saturated rings. The highest BCUT2D eigenvalue weighted by atomic mass is 19.2. The third-order valence-corrected chi connectivity index (χ3v) is 13.2. The molecule has 326 valence electrons.